The summed E-state index contributed by atoms with van der Waals surface area (Å²) in [6.07, 6.45) is 2.81. The predicted molar refractivity (Wildman–Crippen MR) is 57.7 cm³/mol. The third kappa shape index (κ3) is 2.22. The van der Waals surface area contributed by atoms with Crippen molar-refractivity contribution in [2.24, 2.45) is 0 Å². The molecule has 0 spiro atoms. The standard InChI is InChI=1S/C12H12O5/c1-7-4-5-15-9(7)6-8-10(13)16-12(2,3)17-11(8)14/h4-6H,1-3H3. The van der Waals surface area contributed by atoms with Crippen LogP contribution in [-0.2, 0) is 19.1 Å². The molecule has 5 nitrogen and oxygen atoms in total. The fraction of sp³-hybridized carbons (Fsp3) is 0.333. The number of furan rings is 1. The molecule has 2 rings (SSSR count). The monoisotopic (exact) mass is 236 g/mol. The van der Waals surface area contributed by atoms with Crippen LogP contribution in [-0.4, -0.2) is 17.7 Å². The van der Waals surface area contributed by atoms with Gasteiger partial charge in [-0.3, -0.25) is 0 Å². The zero-order valence-electron chi connectivity index (χ0n) is 9.77. The number of carbonyl (C=O) groups excluding carboxylic acids is 2. The fourth-order valence-corrected chi connectivity index (χ4v) is 1.44. The highest BCUT2D eigenvalue weighted by molar-refractivity contribution is 6.18. The maximum atomic E-state index is 11.6. The lowest BCUT2D eigenvalue weighted by atomic mass is 10.1. The average Bonchev–Trinajstić information content (AvgIpc) is 2.56. The first kappa shape index (κ1) is 11.4. The van der Waals surface area contributed by atoms with E-state index in [1.807, 2.05) is 0 Å². The van der Waals surface area contributed by atoms with Crippen molar-refractivity contribution in [2.75, 3.05) is 0 Å². The summed E-state index contributed by atoms with van der Waals surface area (Å²) in [5, 5.41) is 0. The number of carbonyl (C=O) groups is 2. The van der Waals surface area contributed by atoms with Gasteiger partial charge in [-0.25, -0.2) is 9.59 Å². The van der Waals surface area contributed by atoms with Crippen LogP contribution in [0.15, 0.2) is 22.3 Å². The summed E-state index contributed by atoms with van der Waals surface area (Å²) in [5.41, 5.74) is 0.658. The fourth-order valence-electron chi connectivity index (χ4n) is 1.44. The van der Waals surface area contributed by atoms with Crippen LogP contribution in [0.5, 0.6) is 0 Å². The van der Waals surface area contributed by atoms with Crippen molar-refractivity contribution in [3.05, 3.63) is 29.2 Å². The van der Waals surface area contributed by atoms with E-state index in [0.29, 0.717) is 5.76 Å². The highest BCUT2D eigenvalue weighted by Crippen LogP contribution is 2.24. The molecule has 0 bridgehead atoms. The highest BCUT2D eigenvalue weighted by atomic mass is 16.7. The largest absolute Gasteiger partial charge is 0.465 e. The molecule has 1 aromatic heterocycles. The van der Waals surface area contributed by atoms with Crippen LogP contribution in [0.2, 0.25) is 0 Å². The molecule has 0 atom stereocenters. The second-order valence-electron chi connectivity index (χ2n) is 4.20. The number of hydrogen-bond acceptors (Lipinski definition) is 5. The summed E-state index contributed by atoms with van der Waals surface area (Å²) >= 11 is 0. The molecule has 0 N–H and O–H groups in total. The van der Waals surface area contributed by atoms with Gasteiger partial charge in [0.2, 0.25) is 0 Å². The van der Waals surface area contributed by atoms with Crippen molar-refractivity contribution in [3.63, 3.8) is 0 Å². The zero-order chi connectivity index (χ0) is 12.6. The lowest BCUT2D eigenvalue weighted by molar-refractivity contribution is -0.222. The molecule has 2 heterocycles. The number of aryl methyl sites for hydroxylation is 1. The van der Waals surface area contributed by atoms with E-state index in [1.54, 1.807) is 13.0 Å². The molecule has 1 fully saturated rings. The van der Waals surface area contributed by atoms with Crippen molar-refractivity contribution < 1.29 is 23.5 Å². The summed E-state index contributed by atoms with van der Waals surface area (Å²) in [5.74, 6) is -2.19. The van der Waals surface area contributed by atoms with Gasteiger partial charge in [-0.2, -0.15) is 0 Å². The number of rotatable bonds is 1. The molecular weight excluding hydrogens is 224 g/mol. The lowest BCUT2D eigenvalue weighted by Crippen LogP contribution is -2.41. The number of esters is 2. The van der Waals surface area contributed by atoms with E-state index in [1.165, 1.54) is 26.2 Å². The second kappa shape index (κ2) is 3.76. The minimum atomic E-state index is -1.22. The third-order valence-electron chi connectivity index (χ3n) is 2.29. The van der Waals surface area contributed by atoms with E-state index in [2.05, 4.69) is 0 Å². The first-order chi connectivity index (χ1) is 7.89. The average molecular weight is 236 g/mol. The first-order valence-corrected chi connectivity index (χ1v) is 5.11. The first-order valence-electron chi connectivity index (χ1n) is 5.11. The Morgan fingerprint density at radius 3 is 2.24 bits per heavy atom. The summed E-state index contributed by atoms with van der Waals surface area (Å²) in [4.78, 5) is 23.2. The van der Waals surface area contributed by atoms with Crippen LogP contribution < -0.4 is 0 Å². The van der Waals surface area contributed by atoms with Gasteiger partial charge in [-0.1, -0.05) is 0 Å². The molecule has 17 heavy (non-hydrogen) atoms. The van der Waals surface area contributed by atoms with Crippen LogP contribution in [0.3, 0.4) is 0 Å². The van der Waals surface area contributed by atoms with E-state index in [-0.39, 0.29) is 5.57 Å². The maximum absolute atomic E-state index is 11.6. The van der Waals surface area contributed by atoms with Gasteiger partial charge in [-0.05, 0) is 18.6 Å². The second-order valence-corrected chi connectivity index (χ2v) is 4.20. The molecule has 0 aromatic carbocycles. The van der Waals surface area contributed by atoms with Gasteiger partial charge in [0.25, 0.3) is 5.79 Å². The summed E-state index contributed by atoms with van der Waals surface area (Å²) in [6.45, 7) is 4.80. The Hall–Kier alpha value is -2.04. The summed E-state index contributed by atoms with van der Waals surface area (Å²) < 4.78 is 15.0. The van der Waals surface area contributed by atoms with Gasteiger partial charge in [-0.15, -0.1) is 0 Å². The Balaban J connectivity index is 2.34. The molecule has 0 unspecified atom stereocenters. The maximum Gasteiger partial charge on any atom is 0.348 e. The van der Waals surface area contributed by atoms with Crippen LogP contribution in [0, 0.1) is 6.92 Å². The van der Waals surface area contributed by atoms with Crippen LogP contribution in [0.1, 0.15) is 25.2 Å². The molecule has 90 valence electrons. The van der Waals surface area contributed by atoms with E-state index in [0.717, 1.165) is 5.56 Å². The SMILES string of the molecule is Cc1ccoc1C=C1C(=O)OC(C)(C)OC1=O. The van der Waals surface area contributed by atoms with Crippen LogP contribution in [0.25, 0.3) is 6.08 Å². The van der Waals surface area contributed by atoms with E-state index in [4.69, 9.17) is 13.9 Å². The summed E-state index contributed by atoms with van der Waals surface area (Å²) in [6, 6.07) is 1.73. The number of ether oxygens (including phenoxy) is 2. The molecule has 1 saturated heterocycles. The molecule has 1 aliphatic heterocycles. The topological polar surface area (TPSA) is 65.7 Å². The smallest absolute Gasteiger partial charge is 0.348 e. The molecule has 0 radical (unpaired) electrons. The van der Waals surface area contributed by atoms with E-state index in [9.17, 15) is 9.59 Å². The van der Waals surface area contributed by atoms with Crippen molar-refractivity contribution in [1.82, 2.24) is 0 Å². The van der Waals surface area contributed by atoms with Gasteiger partial charge in [0.05, 0.1) is 6.26 Å². The van der Waals surface area contributed by atoms with Crippen LogP contribution in [0.4, 0.5) is 0 Å². The Labute approximate surface area is 98.0 Å². The minimum absolute atomic E-state index is 0.164. The summed E-state index contributed by atoms with van der Waals surface area (Å²) in [7, 11) is 0. The molecule has 0 amide bonds. The predicted octanol–water partition coefficient (Wildman–Crippen LogP) is 1.81. The quantitative estimate of drug-likeness (QED) is 0.422. The third-order valence-corrected chi connectivity index (χ3v) is 2.29. The van der Waals surface area contributed by atoms with E-state index >= 15 is 0 Å². The van der Waals surface area contributed by atoms with Crippen molar-refractivity contribution in [2.45, 2.75) is 26.6 Å². The van der Waals surface area contributed by atoms with Gasteiger partial charge in [0.1, 0.15) is 11.3 Å². The minimum Gasteiger partial charge on any atom is -0.465 e. The number of hydrogen-bond donors (Lipinski definition) is 0. The number of cyclic esters (lactones) is 2. The van der Waals surface area contributed by atoms with Gasteiger partial charge in [0.15, 0.2) is 0 Å². The Bertz CT molecular complexity index is 485. The molecule has 0 aliphatic carbocycles. The molecule has 1 aromatic rings. The molecule has 0 saturated carbocycles. The van der Waals surface area contributed by atoms with E-state index < -0.39 is 17.7 Å². The lowest BCUT2D eigenvalue weighted by Gasteiger charge is -2.29. The van der Waals surface area contributed by atoms with Crippen molar-refractivity contribution >= 4 is 18.0 Å². The normalized spacial score (nSPS) is 18.6. The van der Waals surface area contributed by atoms with Crippen molar-refractivity contribution in [3.8, 4) is 0 Å². The zero-order valence-corrected chi connectivity index (χ0v) is 9.77. The molecule has 5 heteroatoms. The highest BCUT2D eigenvalue weighted by Gasteiger charge is 2.39. The molecular formula is C12H12O5. The van der Waals surface area contributed by atoms with Crippen LogP contribution >= 0.6 is 0 Å². The Kier molecular flexibility index (Phi) is 2.53. The van der Waals surface area contributed by atoms with Gasteiger partial charge in [0, 0.05) is 19.9 Å². The van der Waals surface area contributed by atoms with Gasteiger partial charge < -0.3 is 13.9 Å². The Morgan fingerprint density at radius 1 is 1.18 bits per heavy atom. The Morgan fingerprint density at radius 2 is 1.76 bits per heavy atom. The van der Waals surface area contributed by atoms with Gasteiger partial charge >= 0.3 is 11.9 Å². The molecule has 1 aliphatic rings. The van der Waals surface area contributed by atoms with Crippen molar-refractivity contribution in [1.29, 1.82) is 0 Å².